The summed E-state index contributed by atoms with van der Waals surface area (Å²) in [4.78, 5) is 11.5. The Balaban J connectivity index is 1.96. The van der Waals surface area contributed by atoms with E-state index >= 15 is 0 Å². The van der Waals surface area contributed by atoms with Gasteiger partial charge in [-0.2, -0.15) is 0 Å². The van der Waals surface area contributed by atoms with Crippen LogP contribution in [0.2, 0.25) is 0 Å². The number of aliphatic hydroxyl groups excluding tert-OH is 4. The van der Waals surface area contributed by atoms with Crippen molar-refractivity contribution in [3.8, 4) is 5.75 Å². The van der Waals surface area contributed by atoms with Gasteiger partial charge in [0, 0.05) is 0 Å². The summed E-state index contributed by atoms with van der Waals surface area (Å²) >= 11 is 0. The number of carbonyl (C=O) groups is 1. The Bertz CT molecular complexity index is 776. The summed E-state index contributed by atoms with van der Waals surface area (Å²) < 4.78 is 10.5. The molecular weight excluding hydrogens is 332 g/mol. The summed E-state index contributed by atoms with van der Waals surface area (Å²) in [7, 11) is 0. The van der Waals surface area contributed by atoms with Crippen molar-refractivity contribution in [2.24, 2.45) is 0 Å². The van der Waals surface area contributed by atoms with Gasteiger partial charge in [0.2, 0.25) is 0 Å². The van der Waals surface area contributed by atoms with Gasteiger partial charge in [-0.3, -0.25) is 0 Å². The van der Waals surface area contributed by atoms with Crippen LogP contribution in [0.5, 0.6) is 5.75 Å². The van der Waals surface area contributed by atoms with Crippen molar-refractivity contribution in [3.05, 3.63) is 42.0 Å². The molecule has 0 amide bonds. The highest BCUT2D eigenvalue weighted by Gasteiger charge is 2.45. The van der Waals surface area contributed by atoms with Gasteiger partial charge in [-0.25, -0.2) is 4.79 Å². The van der Waals surface area contributed by atoms with Gasteiger partial charge in [0.25, 0.3) is 0 Å². The van der Waals surface area contributed by atoms with Crippen LogP contribution in [0.15, 0.2) is 36.4 Å². The molecule has 2 aromatic carbocycles. The van der Waals surface area contributed by atoms with Crippen molar-refractivity contribution in [1.29, 1.82) is 0 Å². The molecule has 0 aromatic heterocycles. The third-order valence-electron chi connectivity index (χ3n) is 4.18. The number of aromatic carboxylic acids is 1. The first-order valence-corrected chi connectivity index (χ1v) is 7.65. The Hall–Kier alpha value is -2.23. The topological polar surface area (TPSA) is 137 Å². The molecule has 2 aromatic rings. The molecule has 5 atom stereocenters. The minimum absolute atomic E-state index is 0.0763. The maximum atomic E-state index is 11.5. The van der Waals surface area contributed by atoms with E-state index in [0.29, 0.717) is 10.8 Å². The molecule has 0 unspecified atom stereocenters. The van der Waals surface area contributed by atoms with E-state index < -0.39 is 43.3 Å². The van der Waals surface area contributed by atoms with Crippen LogP contribution in [0.3, 0.4) is 0 Å². The van der Waals surface area contributed by atoms with Crippen LogP contribution in [0, 0.1) is 0 Å². The minimum Gasteiger partial charge on any atom is -0.481 e. The molecule has 0 spiro atoms. The fraction of sp³-hybridized carbons (Fsp3) is 0.353. The number of ether oxygens (including phenoxy) is 2. The Kier molecular flexibility index (Phi) is 4.89. The maximum Gasteiger partial charge on any atom is 0.339 e. The average Bonchev–Trinajstić information content (AvgIpc) is 2.60. The maximum absolute atomic E-state index is 11.5. The van der Waals surface area contributed by atoms with Crippen molar-refractivity contribution >= 4 is 16.7 Å². The van der Waals surface area contributed by atoms with Crippen molar-refractivity contribution in [2.75, 3.05) is 6.61 Å². The molecule has 1 heterocycles. The first-order chi connectivity index (χ1) is 11.9. The number of rotatable bonds is 4. The van der Waals surface area contributed by atoms with Crippen molar-refractivity contribution in [3.63, 3.8) is 0 Å². The summed E-state index contributed by atoms with van der Waals surface area (Å²) in [5.74, 6) is -1.32. The van der Waals surface area contributed by atoms with Gasteiger partial charge in [-0.1, -0.05) is 24.3 Å². The van der Waals surface area contributed by atoms with Gasteiger partial charge >= 0.3 is 5.97 Å². The number of fused-ring (bicyclic) bond motifs is 1. The van der Waals surface area contributed by atoms with Crippen LogP contribution >= 0.6 is 0 Å². The zero-order valence-electron chi connectivity index (χ0n) is 13.0. The molecule has 1 aliphatic heterocycles. The van der Waals surface area contributed by atoms with E-state index in [4.69, 9.17) is 14.6 Å². The molecule has 8 nitrogen and oxygen atoms in total. The third-order valence-corrected chi connectivity index (χ3v) is 4.18. The van der Waals surface area contributed by atoms with Gasteiger partial charge in [-0.15, -0.1) is 0 Å². The Labute approximate surface area is 142 Å². The van der Waals surface area contributed by atoms with Gasteiger partial charge in [-0.05, 0) is 22.9 Å². The summed E-state index contributed by atoms with van der Waals surface area (Å²) in [6, 6.07) is 9.94. The van der Waals surface area contributed by atoms with Gasteiger partial charge in [0.15, 0.2) is 12.4 Å². The number of carboxylic acids is 1. The first kappa shape index (κ1) is 17.6. The minimum atomic E-state index is -1.65. The fourth-order valence-electron chi connectivity index (χ4n) is 2.83. The smallest absolute Gasteiger partial charge is 0.339 e. The monoisotopic (exact) mass is 350 g/mol. The standard InChI is InChI=1S/C17H18O8/c18-7-12-13(19)14(20)15(17(23)25-12)24-11-6-9-4-2-1-3-8(9)5-10(11)16(21)22/h1-6,12-15,17-20,23H,7H2,(H,21,22)/t12-,13+,14+,15-,17-/m1/s1. The predicted octanol–water partition coefficient (Wildman–Crippen LogP) is -0.283. The Morgan fingerprint density at radius 3 is 2.32 bits per heavy atom. The third kappa shape index (κ3) is 3.30. The second-order valence-electron chi connectivity index (χ2n) is 5.81. The molecule has 8 heteroatoms. The lowest BCUT2D eigenvalue weighted by molar-refractivity contribution is -0.280. The molecule has 25 heavy (non-hydrogen) atoms. The van der Waals surface area contributed by atoms with Crippen LogP contribution < -0.4 is 4.74 Å². The van der Waals surface area contributed by atoms with Crippen LogP contribution in [0.1, 0.15) is 10.4 Å². The number of benzene rings is 2. The van der Waals surface area contributed by atoms with E-state index in [1.54, 1.807) is 24.3 Å². The van der Waals surface area contributed by atoms with E-state index in [9.17, 15) is 25.2 Å². The molecule has 134 valence electrons. The first-order valence-electron chi connectivity index (χ1n) is 7.65. The van der Waals surface area contributed by atoms with E-state index in [-0.39, 0.29) is 11.3 Å². The SMILES string of the molecule is O=C(O)c1cc2ccccc2cc1O[C@@H]1[C@@H](O)[C@@H](O)[C@@H](CO)O[C@H]1O. The second kappa shape index (κ2) is 6.95. The van der Waals surface area contributed by atoms with Crippen molar-refractivity contribution < 1.29 is 39.8 Å². The predicted molar refractivity (Wildman–Crippen MR) is 85.3 cm³/mol. The molecular formula is C17H18O8. The average molecular weight is 350 g/mol. The molecule has 5 N–H and O–H groups in total. The number of hydrogen-bond donors (Lipinski definition) is 5. The molecule has 1 aliphatic rings. The highest BCUT2D eigenvalue weighted by molar-refractivity contribution is 5.97. The fourth-order valence-corrected chi connectivity index (χ4v) is 2.83. The molecule has 0 radical (unpaired) electrons. The number of hydrogen-bond acceptors (Lipinski definition) is 7. The zero-order chi connectivity index (χ0) is 18.1. The second-order valence-corrected chi connectivity index (χ2v) is 5.81. The molecule has 1 fully saturated rings. The normalized spacial score (nSPS) is 29.5. The van der Waals surface area contributed by atoms with E-state index in [0.717, 1.165) is 0 Å². The van der Waals surface area contributed by atoms with Crippen molar-refractivity contribution in [1.82, 2.24) is 0 Å². The van der Waals surface area contributed by atoms with Crippen molar-refractivity contribution in [2.45, 2.75) is 30.7 Å². The lowest BCUT2D eigenvalue weighted by Gasteiger charge is -2.39. The highest BCUT2D eigenvalue weighted by atomic mass is 16.7. The quantitative estimate of drug-likeness (QED) is 0.508. The lowest BCUT2D eigenvalue weighted by atomic mass is 9.99. The summed E-state index contributed by atoms with van der Waals surface area (Å²) in [5.41, 5.74) is -0.156. The molecule has 0 aliphatic carbocycles. The molecule has 1 saturated heterocycles. The zero-order valence-corrected chi connectivity index (χ0v) is 13.0. The van der Waals surface area contributed by atoms with E-state index in [2.05, 4.69) is 0 Å². The number of aliphatic hydroxyl groups is 4. The van der Waals surface area contributed by atoms with E-state index in [1.165, 1.54) is 12.1 Å². The van der Waals surface area contributed by atoms with Crippen LogP contribution in [-0.2, 0) is 4.74 Å². The summed E-state index contributed by atoms with van der Waals surface area (Å²) in [6.07, 6.45) is -7.30. The number of carboxylic acid groups (broad SMARTS) is 1. The van der Waals surface area contributed by atoms with Crippen LogP contribution in [-0.4, -0.2) is 68.8 Å². The molecule has 3 rings (SSSR count). The van der Waals surface area contributed by atoms with Gasteiger partial charge < -0.3 is 35.0 Å². The molecule has 0 bridgehead atoms. The van der Waals surface area contributed by atoms with E-state index in [1.807, 2.05) is 0 Å². The lowest BCUT2D eigenvalue weighted by Crippen LogP contribution is -2.60. The summed E-state index contributed by atoms with van der Waals surface area (Å²) in [5, 5.41) is 49.9. The van der Waals surface area contributed by atoms with Crippen LogP contribution in [0.25, 0.3) is 10.8 Å². The highest BCUT2D eigenvalue weighted by Crippen LogP contribution is 2.30. The van der Waals surface area contributed by atoms with Crippen LogP contribution in [0.4, 0.5) is 0 Å². The molecule has 0 saturated carbocycles. The Morgan fingerprint density at radius 2 is 1.72 bits per heavy atom. The summed E-state index contributed by atoms with van der Waals surface area (Å²) in [6.45, 7) is -0.599. The van der Waals surface area contributed by atoms with Gasteiger partial charge in [0.1, 0.15) is 29.6 Å². The van der Waals surface area contributed by atoms with Gasteiger partial charge in [0.05, 0.1) is 6.61 Å². The largest absolute Gasteiger partial charge is 0.481 e. The Morgan fingerprint density at radius 1 is 1.08 bits per heavy atom.